The Balaban J connectivity index is 4.66. The topological polar surface area (TPSA) is 95.9 Å². The minimum atomic E-state index is -0.801. The van der Waals surface area contributed by atoms with Crippen LogP contribution in [0.15, 0.2) is 48.6 Å². The fourth-order valence-electron chi connectivity index (χ4n) is 8.42. The lowest BCUT2D eigenvalue weighted by Gasteiger charge is -2.24. The first-order valence-electron chi connectivity index (χ1n) is 27.9. The van der Waals surface area contributed by atoms with E-state index in [1.807, 2.05) is 0 Å². The van der Waals surface area contributed by atoms with Crippen molar-refractivity contribution in [1.29, 1.82) is 0 Å². The van der Waals surface area contributed by atoms with Gasteiger partial charge in [0.2, 0.25) is 5.91 Å². The molecule has 0 fully saturated rings. The number of aliphatic hydroxyl groups excluding tert-OH is 2. The number of amides is 1. The van der Waals surface area contributed by atoms with Gasteiger partial charge in [0, 0.05) is 6.42 Å². The summed E-state index contributed by atoms with van der Waals surface area (Å²) in [5.74, 6) is -0.516. The van der Waals surface area contributed by atoms with Gasteiger partial charge in [-0.05, 0) is 64.2 Å². The first-order chi connectivity index (χ1) is 31.5. The summed E-state index contributed by atoms with van der Waals surface area (Å²) >= 11 is 0. The summed E-state index contributed by atoms with van der Waals surface area (Å²) in [6.07, 6.45) is 63.2. The lowest BCUT2D eigenvalue weighted by molar-refractivity contribution is -0.151. The van der Waals surface area contributed by atoms with Gasteiger partial charge in [-0.3, -0.25) is 9.59 Å². The van der Waals surface area contributed by atoms with Crippen LogP contribution in [-0.4, -0.2) is 46.9 Å². The number of aliphatic hydroxyl groups is 2. The quantitative estimate of drug-likeness (QED) is 0.0321. The van der Waals surface area contributed by atoms with Gasteiger partial charge >= 0.3 is 5.97 Å². The van der Waals surface area contributed by atoms with Crippen LogP contribution in [0.3, 0.4) is 0 Å². The number of esters is 1. The summed E-state index contributed by atoms with van der Waals surface area (Å²) in [5.41, 5.74) is 0. The largest absolute Gasteiger partial charge is 0.462 e. The fraction of sp³-hybridized carbons (Fsp3) is 0.828. The van der Waals surface area contributed by atoms with Crippen molar-refractivity contribution >= 4 is 11.9 Å². The molecule has 64 heavy (non-hydrogen) atoms. The Morgan fingerprint density at radius 3 is 1.23 bits per heavy atom. The number of rotatable bonds is 50. The minimum absolute atomic E-state index is 0.0428. The molecule has 0 aromatic heterocycles. The fourth-order valence-corrected chi connectivity index (χ4v) is 8.42. The monoisotopic (exact) mass is 898 g/mol. The van der Waals surface area contributed by atoms with E-state index in [2.05, 4.69) is 74.7 Å². The highest BCUT2D eigenvalue weighted by Gasteiger charge is 2.24. The molecule has 3 atom stereocenters. The molecule has 1 amide bonds. The number of ether oxygens (including phenoxy) is 1. The van der Waals surface area contributed by atoms with E-state index in [9.17, 15) is 19.8 Å². The summed E-state index contributed by atoms with van der Waals surface area (Å²) in [5, 5.41) is 23.8. The smallest absolute Gasteiger partial charge is 0.306 e. The highest BCUT2D eigenvalue weighted by atomic mass is 16.5. The van der Waals surface area contributed by atoms with Crippen molar-refractivity contribution in [1.82, 2.24) is 5.32 Å². The zero-order valence-corrected chi connectivity index (χ0v) is 42.7. The van der Waals surface area contributed by atoms with Crippen molar-refractivity contribution in [3.8, 4) is 0 Å². The average molecular weight is 898 g/mol. The molecule has 374 valence electrons. The van der Waals surface area contributed by atoms with Gasteiger partial charge in [0.15, 0.2) is 0 Å². The van der Waals surface area contributed by atoms with E-state index in [1.165, 1.54) is 167 Å². The Hall–Kier alpha value is -2.18. The molecule has 0 radical (unpaired) electrons. The molecule has 0 saturated carbocycles. The second-order valence-corrected chi connectivity index (χ2v) is 19.0. The van der Waals surface area contributed by atoms with Crippen LogP contribution in [0, 0.1) is 0 Å². The van der Waals surface area contributed by atoms with E-state index in [1.54, 1.807) is 0 Å². The second-order valence-electron chi connectivity index (χ2n) is 19.0. The third kappa shape index (κ3) is 46.4. The number of unbranched alkanes of at least 4 members (excludes halogenated alkanes) is 30. The lowest BCUT2D eigenvalue weighted by atomic mass is 10.0. The van der Waals surface area contributed by atoms with Gasteiger partial charge in [0.25, 0.3) is 0 Å². The Morgan fingerprint density at radius 2 is 0.812 bits per heavy atom. The maximum atomic E-state index is 13.2. The maximum absolute atomic E-state index is 13.2. The standard InChI is InChI=1S/C58H107NO5/c1-4-7-10-13-16-19-22-25-27-28-30-32-34-37-40-43-46-49-54(64-58(63)51-48-45-42-39-36-33-29-26-23-20-17-14-11-8-5-2)52-57(62)59-55(53-60)56(61)50-47-44-41-38-35-31-24-21-18-15-12-9-6-3/h16,19,25,27,30,32,37,40,54-56,60-61H,4-15,17-18,20-24,26,28-29,31,33-36,38-39,41-53H2,1-3H3,(H,59,62)/b19-16-,27-25-,32-30-,40-37-. The van der Waals surface area contributed by atoms with Crippen molar-refractivity contribution < 1.29 is 24.5 Å². The molecular formula is C58H107NO5. The second kappa shape index (κ2) is 51.8. The molecule has 0 saturated heterocycles. The first kappa shape index (κ1) is 61.8. The first-order valence-corrected chi connectivity index (χ1v) is 27.9. The highest BCUT2D eigenvalue weighted by molar-refractivity contribution is 5.77. The average Bonchev–Trinajstić information content (AvgIpc) is 3.29. The van der Waals surface area contributed by atoms with Crippen LogP contribution in [0.4, 0.5) is 0 Å². The predicted octanol–water partition coefficient (Wildman–Crippen LogP) is 17.0. The third-order valence-corrected chi connectivity index (χ3v) is 12.7. The summed E-state index contributed by atoms with van der Waals surface area (Å²) in [7, 11) is 0. The van der Waals surface area contributed by atoms with E-state index >= 15 is 0 Å². The Bertz CT molecular complexity index is 1100. The molecule has 6 nitrogen and oxygen atoms in total. The van der Waals surface area contributed by atoms with Gasteiger partial charge in [-0.2, -0.15) is 0 Å². The molecule has 0 spiro atoms. The summed E-state index contributed by atoms with van der Waals surface area (Å²) in [6, 6.07) is -0.717. The lowest BCUT2D eigenvalue weighted by Crippen LogP contribution is -2.46. The van der Waals surface area contributed by atoms with E-state index in [0.29, 0.717) is 19.3 Å². The van der Waals surface area contributed by atoms with E-state index in [0.717, 1.165) is 70.6 Å². The number of hydrogen-bond donors (Lipinski definition) is 3. The van der Waals surface area contributed by atoms with E-state index in [4.69, 9.17) is 4.74 Å². The predicted molar refractivity (Wildman–Crippen MR) is 278 cm³/mol. The van der Waals surface area contributed by atoms with Crippen molar-refractivity contribution in [3.05, 3.63) is 48.6 Å². The molecule has 0 aromatic carbocycles. The van der Waals surface area contributed by atoms with Crippen molar-refractivity contribution in [2.75, 3.05) is 6.61 Å². The van der Waals surface area contributed by atoms with Gasteiger partial charge in [-0.25, -0.2) is 0 Å². The Morgan fingerprint density at radius 1 is 0.453 bits per heavy atom. The van der Waals surface area contributed by atoms with Gasteiger partial charge in [-0.1, -0.05) is 256 Å². The van der Waals surface area contributed by atoms with Crippen LogP contribution >= 0.6 is 0 Å². The zero-order chi connectivity index (χ0) is 46.7. The van der Waals surface area contributed by atoms with Crippen LogP contribution in [0.5, 0.6) is 0 Å². The van der Waals surface area contributed by atoms with Gasteiger partial charge < -0.3 is 20.3 Å². The molecule has 0 aliphatic rings. The summed E-state index contributed by atoms with van der Waals surface area (Å²) < 4.78 is 5.93. The van der Waals surface area contributed by atoms with Gasteiger partial charge in [-0.15, -0.1) is 0 Å². The number of hydrogen-bond acceptors (Lipinski definition) is 5. The molecule has 0 rings (SSSR count). The van der Waals surface area contributed by atoms with Crippen molar-refractivity contribution in [2.24, 2.45) is 0 Å². The zero-order valence-electron chi connectivity index (χ0n) is 42.7. The number of allylic oxidation sites excluding steroid dienone is 8. The van der Waals surface area contributed by atoms with Crippen molar-refractivity contribution in [2.45, 2.75) is 302 Å². The van der Waals surface area contributed by atoms with Gasteiger partial charge in [0.1, 0.15) is 6.10 Å². The highest BCUT2D eigenvalue weighted by Crippen LogP contribution is 2.18. The van der Waals surface area contributed by atoms with Crippen LogP contribution < -0.4 is 5.32 Å². The van der Waals surface area contributed by atoms with Crippen LogP contribution in [0.2, 0.25) is 0 Å². The summed E-state index contributed by atoms with van der Waals surface area (Å²) in [6.45, 7) is 6.46. The van der Waals surface area contributed by atoms with Crippen molar-refractivity contribution in [3.63, 3.8) is 0 Å². The third-order valence-electron chi connectivity index (χ3n) is 12.7. The SMILES string of the molecule is CCCCC/C=C\C/C=C\C/C=C\C/C=C\CCCC(CC(=O)NC(CO)C(O)CCCCCCCCCCCCCCC)OC(=O)CCCCCCCCCCCCCCCCC. The molecular weight excluding hydrogens is 791 g/mol. The molecule has 0 bridgehead atoms. The van der Waals surface area contributed by atoms with Crippen LogP contribution in [0.1, 0.15) is 284 Å². The van der Waals surface area contributed by atoms with Gasteiger partial charge in [0.05, 0.1) is 25.2 Å². The van der Waals surface area contributed by atoms with Crippen LogP contribution in [0.25, 0.3) is 0 Å². The molecule has 0 aliphatic heterocycles. The molecule has 3 unspecified atom stereocenters. The normalized spacial score (nSPS) is 13.5. The molecule has 0 aromatic rings. The minimum Gasteiger partial charge on any atom is -0.462 e. The number of carbonyl (C=O) groups excluding carboxylic acids is 2. The maximum Gasteiger partial charge on any atom is 0.306 e. The molecule has 6 heteroatoms. The Labute approximate surface area is 397 Å². The van der Waals surface area contributed by atoms with Crippen LogP contribution in [-0.2, 0) is 14.3 Å². The molecule has 0 aliphatic carbocycles. The number of nitrogens with one attached hydrogen (secondary N) is 1. The van der Waals surface area contributed by atoms with E-state index in [-0.39, 0.29) is 24.9 Å². The number of carbonyl (C=O) groups is 2. The molecule has 3 N–H and O–H groups in total. The summed E-state index contributed by atoms with van der Waals surface area (Å²) in [4.78, 5) is 26.2. The Kier molecular flexibility index (Phi) is 50.0. The van der Waals surface area contributed by atoms with E-state index < -0.39 is 18.2 Å². The molecule has 0 heterocycles.